The van der Waals surface area contributed by atoms with Crippen molar-refractivity contribution in [2.75, 3.05) is 0 Å². The van der Waals surface area contributed by atoms with Crippen LogP contribution in [0.3, 0.4) is 0 Å². The van der Waals surface area contributed by atoms with Crippen LogP contribution in [-0.4, -0.2) is 11.1 Å². The third-order valence-corrected chi connectivity index (χ3v) is 2.66. The number of hydrogen-bond donors (Lipinski definition) is 1. The van der Waals surface area contributed by atoms with Gasteiger partial charge in [0, 0.05) is 0 Å². The molecule has 0 aromatic heterocycles. The van der Waals surface area contributed by atoms with Crippen LogP contribution in [0.25, 0.3) is 0 Å². The Hall–Kier alpha value is -2.36. The van der Waals surface area contributed by atoms with Gasteiger partial charge in [0.1, 0.15) is 18.2 Å². The molecule has 0 aliphatic rings. The van der Waals surface area contributed by atoms with Gasteiger partial charge in [-0.3, -0.25) is 0 Å². The van der Waals surface area contributed by atoms with Crippen LogP contribution < -0.4 is 4.74 Å². The zero-order valence-corrected chi connectivity index (χ0v) is 10.4. The molecular formula is C15H13FO3. The highest BCUT2D eigenvalue weighted by Crippen LogP contribution is 2.16. The number of carbonyl (C=O) groups is 1. The fraction of sp³-hybridized carbons (Fsp3) is 0.133. The Morgan fingerprint density at radius 1 is 1.26 bits per heavy atom. The van der Waals surface area contributed by atoms with Gasteiger partial charge in [-0.2, -0.15) is 0 Å². The van der Waals surface area contributed by atoms with E-state index in [4.69, 9.17) is 9.84 Å². The second-order valence-electron chi connectivity index (χ2n) is 4.22. The molecule has 0 aliphatic heterocycles. The summed E-state index contributed by atoms with van der Waals surface area (Å²) in [5.74, 6) is -1.33. The van der Waals surface area contributed by atoms with E-state index in [0.717, 1.165) is 11.6 Å². The Morgan fingerprint density at radius 3 is 2.74 bits per heavy atom. The molecular weight excluding hydrogens is 247 g/mol. The predicted molar refractivity (Wildman–Crippen MR) is 68.9 cm³/mol. The van der Waals surface area contributed by atoms with E-state index in [1.165, 1.54) is 12.1 Å². The average molecular weight is 260 g/mol. The van der Waals surface area contributed by atoms with E-state index >= 15 is 0 Å². The molecule has 19 heavy (non-hydrogen) atoms. The molecule has 0 saturated heterocycles. The van der Waals surface area contributed by atoms with Gasteiger partial charge < -0.3 is 9.84 Å². The van der Waals surface area contributed by atoms with Gasteiger partial charge in [0.25, 0.3) is 0 Å². The molecule has 3 nitrogen and oxygen atoms in total. The third-order valence-electron chi connectivity index (χ3n) is 2.66. The van der Waals surface area contributed by atoms with Crippen molar-refractivity contribution >= 4 is 5.97 Å². The number of rotatable bonds is 4. The van der Waals surface area contributed by atoms with Crippen molar-refractivity contribution in [2.45, 2.75) is 13.5 Å². The van der Waals surface area contributed by atoms with Crippen molar-refractivity contribution in [1.29, 1.82) is 0 Å². The van der Waals surface area contributed by atoms with Crippen LogP contribution in [0.1, 0.15) is 21.5 Å². The normalized spacial score (nSPS) is 10.2. The molecule has 0 radical (unpaired) electrons. The molecule has 0 atom stereocenters. The van der Waals surface area contributed by atoms with Gasteiger partial charge >= 0.3 is 5.97 Å². The summed E-state index contributed by atoms with van der Waals surface area (Å²) in [5, 5.41) is 8.83. The first-order chi connectivity index (χ1) is 9.06. The lowest BCUT2D eigenvalue weighted by Crippen LogP contribution is -2.03. The molecule has 0 heterocycles. The first-order valence-corrected chi connectivity index (χ1v) is 5.77. The fourth-order valence-corrected chi connectivity index (χ4v) is 1.70. The summed E-state index contributed by atoms with van der Waals surface area (Å²) < 4.78 is 18.7. The second-order valence-corrected chi connectivity index (χ2v) is 4.22. The maximum absolute atomic E-state index is 13.2. The zero-order chi connectivity index (χ0) is 13.8. The van der Waals surface area contributed by atoms with E-state index in [9.17, 15) is 9.18 Å². The lowest BCUT2D eigenvalue weighted by molar-refractivity contribution is 0.0691. The van der Waals surface area contributed by atoms with Crippen LogP contribution >= 0.6 is 0 Å². The number of carboxylic acids is 1. The minimum Gasteiger partial charge on any atom is -0.489 e. The highest BCUT2D eigenvalue weighted by atomic mass is 19.1. The number of aryl methyl sites for hydroxylation is 1. The maximum Gasteiger partial charge on any atom is 0.338 e. The number of hydrogen-bond acceptors (Lipinski definition) is 2. The highest BCUT2D eigenvalue weighted by molar-refractivity contribution is 5.88. The van der Waals surface area contributed by atoms with Crippen molar-refractivity contribution in [3.63, 3.8) is 0 Å². The lowest BCUT2D eigenvalue weighted by Gasteiger charge is -2.08. The molecule has 2 rings (SSSR count). The van der Waals surface area contributed by atoms with Gasteiger partial charge in [0.2, 0.25) is 0 Å². The molecule has 0 unspecified atom stereocenters. The summed E-state index contributed by atoms with van der Waals surface area (Å²) in [6, 6.07) is 11.4. The number of benzene rings is 2. The van der Waals surface area contributed by atoms with Gasteiger partial charge in [0.05, 0.1) is 5.56 Å². The Labute approximate surface area is 110 Å². The molecule has 0 spiro atoms. The monoisotopic (exact) mass is 260 g/mol. The molecule has 0 fully saturated rings. The Morgan fingerprint density at radius 2 is 2.05 bits per heavy atom. The minimum absolute atomic E-state index is 0.198. The third kappa shape index (κ3) is 3.31. The van der Waals surface area contributed by atoms with E-state index in [2.05, 4.69) is 0 Å². The molecule has 4 heteroatoms. The second kappa shape index (κ2) is 5.52. The summed E-state index contributed by atoms with van der Waals surface area (Å²) >= 11 is 0. The van der Waals surface area contributed by atoms with Crippen LogP contribution in [0.5, 0.6) is 5.75 Å². The van der Waals surface area contributed by atoms with E-state index in [-0.39, 0.29) is 12.2 Å². The summed E-state index contributed by atoms with van der Waals surface area (Å²) in [5.41, 5.74) is 1.34. The van der Waals surface area contributed by atoms with E-state index < -0.39 is 11.8 Å². The van der Waals surface area contributed by atoms with Crippen molar-refractivity contribution < 1.29 is 19.0 Å². The van der Waals surface area contributed by atoms with Gasteiger partial charge in [-0.1, -0.05) is 18.2 Å². The standard InChI is InChI=1S/C15H13FO3/c1-10-3-2-4-12(7-10)19-9-11-5-6-14(16)13(8-11)15(17)18/h2-8H,9H2,1H3,(H,17,18). The Balaban J connectivity index is 2.12. The summed E-state index contributed by atoms with van der Waals surface area (Å²) in [7, 11) is 0. The Kier molecular flexibility index (Phi) is 3.80. The van der Waals surface area contributed by atoms with E-state index in [1.807, 2.05) is 31.2 Å². The maximum atomic E-state index is 13.2. The van der Waals surface area contributed by atoms with Gasteiger partial charge in [-0.05, 0) is 42.3 Å². The highest BCUT2D eigenvalue weighted by Gasteiger charge is 2.10. The topological polar surface area (TPSA) is 46.5 Å². The summed E-state index contributed by atoms with van der Waals surface area (Å²) in [6.07, 6.45) is 0. The number of aromatic carboxylic acids is 1. The zero-order valence-electron chi connectivity index (χ0n) is 10.4. The SMILES string of the molecule is Cc1cccc(OCc2ccc(F)c(C(=O)O)c2)c1. The smallest absolute Gasteiger partial charge is 0.338 e. The first-order valence-electron chi connectivity index (χ1n) is 5.77. The van der Waals surface area contributed by atoms with Crippen LogP contribution in [0, 0.1) is 12.7 Å². The van der Waals surface area contributed by atoms with E-state index in [0.29, 0.717) is 11.3 Å². The van der Waals surface area contributed by atoms with Crippen molar-refractivity contribution in [3.8, 4) is 5.75 Å². The van der Waals surface area contributed by atoms with Gasteiger partial charge in [-0.15, -0.1) is 0 Å². The van der Waals surface area contributed by atoms with Crippen molar-refractivity contribution in [1.82, 2.24) is 0 Å². The lowest BCUT2D eigenvalue weighted by atomic mass is 10.1. The minimum atomic E-state index is -1.28. The molecule has 0 bridgehead atoms. The fourth-order valence-electron chi connectivity index (χ4n) is 1.70. The molecule has 0 aliphatic carbocycles. The molecule has 1 N–H and O–H groups in total. The van der Waals surface area contributed by atoms with Crippen LogP contribution in [0.2, 0.25) is 0 Å². The molecule has 98 valence electrons. The number of carboxylic acid groups (broad SMARTS) is 1. The van der Waals surface area contributed by atoms with Crippen LogP contribution in [0.15, 0.2) is 42.5 Å². The largest absolute Gasteiger partial charge is 0.489 e. The van der Waals surface area contributed by atoms with Crippen molar-refractivity contribution in [3.05, 3.63) is 65.0 Å². The first kappa shape index (κ1) is 13.1. The quantitative estimate of drug-likeness (QED) is 0.916. The summed E-state index contributed by atoms with van der Waals surface area (Å²) in [4.78, 5) is 10.8. The van der Waals surface area contributed by atoms with Gasteiger partial charge in [0.15, 0.2) is 0 Å². The number of halogens is 1. The van der Waals surface area contributed by atoms with Crippen molar-refractivity contribution in [2.24, 2.45) is 0 Å². The number of ether oxygens (including phenoxy) is 1. The average Bonchev–Trinajstić information content (AvgIpc) is 2.37. The predicted octanol–water partition coefficient (Wildman–Crippen LogP) is 3.41. The molecule has 2 aromatic carbocycles. The molecule has 0 saturated carbocycles. The summed E-state index contributed by atoms with van der Waals surface area (Å²) in [6.45, 7) is 2.15. The van der Waals surface area contributed by atoms with Crippen LogP contribution in [0.4, 0.5) is 4.39 Å². The Bertz CT molecular complexity index is 608. The van der Waals surface area contributed by atoms with Crippen LogP contribution in [-0.2, 0) is 6.61 Å². The van der Waals surface area contributed by atoms with Gasteiger partial charge in [-0.25, -0.2) is 9.18 Å². The molecule has 0 amide bonds. The van der Waals surface area contributed by atoms with E-state index in [1.54, 1.807) is 0 Å². The molecule has 2 aromatic rings.